The minimum absolute atomic E-state index is 0.365. The van der Waals surface area contributed by atoms with Gasteiger partial charge >= 0.3 is 7.12 Å². The van der Waals surface area contributed by atoms with E-state index in [0.29, 0.717) is 13.2 Å². The number of hydrogen-bond acceptors (Lipinski definition) is 6. The summed E-state index contributed by atoms with van der Waals surface area (Å²) in [5.41, 5.74) is 0.157. The van der Waals surface area contributed by atoms with Crippen molar-refractivity contribution in [1.29, 1.82) is 0 Å². The van der Waals surface area contributed by atoms with E-state index in [1.807, 2.05) is 27.7 Å². The second-order valence-corrected chi connectivity index (χ2v) is 6.49. The maximum absolute atomic E-state index is 6.12. The molecule has 2 fully saturated rings. The van der Waals surface area contributed by atoms with Crippen LogP contribution in [0.1, 0.15) is 27.7 Å². The fraction of sp³-hybridized carbons (Fsp3) is 0.714. The molecule has 1 aromatic heterocycles. The highest BCUT2D eigenvalue weighted by Crippen LogP contribution is 2.37. The molecular weight excluding hydrogens is 269 g/mol. The zero-order valence-corrected chi connectivity index (χ0v) is 13.1. The summed E-state index contributed by atoms with van der Waals surface area (Å²) in [6.45, 7) is 11.3. The van der Waals surface area contributed by atoms with Gasteiger partial charge in [0.15, 0.2) is 0 Å². The van der Waals surface area contributed by atoms with Crippen LogP contribution in [0.4, 0.5) is 5.82 Å². The first-order valence-electron chi connectivity index (χ1n) is 7.39. The van der Waals surface area contributed by atoms with E-state index in [1.165, 1.54) is 0 Å². The molecule has 0 bridgehead atoms. The van der Waals surface area contributed by atoms with Crippen molar-refractivity contribution in [1.82, 2.24) is 9.97 Å². The zero-order chi connectivity index (χ0) is 15.1. The molecule has 0 unspecified atom stereocenters. The first-order chi connectivity index (χ1) is 9.91. The summed E-state index contributed by atoms with van der Waals surface area (Å²) in [6, 6.07) is 0. The lowest BCUT2D eigenvalue weighted by Gasteiger charge is -2.32. The highest BCUT2D eigenvalue weighted by molar-refractivity contribution is 6.63. The van der Waals surface area contributed by atoms with E-state index >= 15 is 0 Å². The molecule has 2 aliphatic rings. The summed E-state index contributed by atoms with van der Waals surface area (Å²) >= 11 is 0. The summed E-state index contributed by atoms with van der Waals surface area (Å²) < 4.78 is 17.6. The van der Waals surface area contributed by atoms with E-state index in [4.69, 9.17) is 14.0 Å². The molecule has 0 aliphatic carbocycles. The molecule has 21 heavy (non-hydrogen) atoms. The second kappa shape index (κ2) is 5.23. The maximum Gasteiger partial charge on any atom is 0.500 e. The number of anilines is 1. The summed E-state index contributed by atoms with van der Waals surface area (Å²) in [4.78, 5) is 10.8. The van der Waals surface area contributed by atoms with Crippen LogP contribution in [0.3, 0.4) is 0 Å². The normalized spacial score (nSPS) is 24.4. The van der Waals surface area contributed by atoms with Gasteiger partial charge in [-0.1, -0.05) is 0 Å². The fourth-order valence-corrected chi connectivity index (χ4v) is 2.51. The van der Waals surface area contributed by atoms with Crippen LogP contribution in [0.5, 0.6) is 0 Å². The van der Waals surface area contributed by atoms with Crippen molar-refractivity contribution in [3.8, 4) is 0 Å². The van der Waals surface area contributed by atoms with Crippen molar-refractivity contribution in [2.45, 2.75) is 38.9 Å². The third-order valence-electron chi connectivity index (χ3n) is 4.54. The van der Waals surface area contributed by atoms with Gasteiger partial charge in [0, 0.05) is 24.7 Å². The molecule has 7 heteroatoms. The van der Waals surface area contributed by atoms with Crippen LogP contribution in [-0.2, 0) is 14.0 Å². The summed E-state index contributed by atoms with van der Waals surface area (Å²) in [7, 11) is -0.436. The molecule has 2 saturated heterocycles. The van der Waals surface area contributed by atoms with Crippen LogP contribution in [0.2, 0.25) is 0 Å². The van der Waals surface area contributed by atoms with Crippen molar-refractivity contribution < 1.29 is 14.0 Å². The molecular formula is C14H22BN3O3. The van der Waals surface area contributed by atoms with E-state index in [1.54, 1.807) is 12.5 Å². The topological polar surface area (TPSA) is 56.7 Å². The monoisotopic (exact) mass is 291 g/mol. The lowest BCUT2D eigenvalue weighted by molar-refractivity contribution is 0.00578. The van der Waals surface area contributed by atoms with Crippen molar-refractivity contribution >= 4 is 18.4 Å². The van der Waals surface area contributed by atoms with Gasteiger partial charge in [-0.25, -0.2) is 9.97 Å². The lowest BCUT2D eigenvalue weighted by Crippen LogP contribution is -2.44. The van der Waals surface area contributed by atoms with Crippen LogP contribution in [0.15, 0.2) is 12.5 Å². The molecule has 0 radical (unpaired) electrons. The Morgan fingerprint density at radius 1 is 1.10 bits per heavy atom. The van der Waals surface area contributed by atoms with Gasteiger partial charge in [0.05, 0.1) is 24.4 Å². The Morgan fingerprint density at radius 3 is 2.33 bits per heavy atom. The molecule has 114 valence electrons. The molecule has 3 rings (SSSR count). The molecule has 0 saturated carbocycles. The highest BCUT2D eigenvalue weighted by Gasteiger charge is 2.52. The number of nitrogens with zero attached hydrogens (tertiary/aromatic N) is 3. The zero-order valence-electron chi connectivity index (χ0n) is 13.1. The molecule has 0 atom stereocenters. The largest absolute Gasteiger partial charge is 0.500 e. The van der Waals surface area contributed by atoms with E-state index in [0.717, 1.165) is 24.4 Å². The maximum atomic E-state index is 6.12. The average molecular weight is 291 g/mol. The van der Waals surface area contributed by atoms with Gasteiger partial charge < -0.3 is 18.9 Å². The number of ether oxygens (including phenoxy) is 1. The SMILES string of the molecule is CC1(C)OB(c2cncnc2N2CCOCC2)OC1(C)C. The Labute approximate surface area is 126 Å². The van der Waals surface area contributed by atoms with Crippen LogP contribution in [0, 0.1) is 0 Å². The van der Waals surface area contributed by atoms with Crippen molar-refractivity contribution in [2.24, 2.45) is 0 Å². The van der Waals surface area contributed by atoms with E-state index in [2.05, 4.69) is 14.9 Å². The van der Waals surface area contributed by atoms with Crippen LogP contribution >= 0.6 is 0 Å². The van der Waals surface area contributed by atoms with Crippen molar-refractivity contribution in [3.63, 3.8) is 0 Å². The van der Waals surface area contributed by atoms with Gasteiger partial charge in [-0.15, -0.1) is 0 Å². The summed E-state index contributed by atoms with van der Waals surface area (Å²) in [5, 5.41) is 0. The Kier molecular flexibility index (Phi) is 3.67. The summed E-state index contributed by atoms with van der Waals surface area (Å²) in [5.74, 6) is 0.881. The van der Waals surface area contributed by atoms with Crippen LogP contribution in [-0.4, -0.2) is 54.6 Å². The Bertz CT molecular complexity index is 502. The fourth-order valence-electron chi connectivity index (χ4n) is 2.51. The minimum Gasteiger partial charge on any atom is -0.399 e. The molecule has 1 aromatic rings. The lowest BCUT2D eigenvalue weighted by atomic mass is 9.80. The molecule has 0 aromatic carbocycles. The van der Waals surface area contributed by atoms with Gasteiger partial charge in [-0.05, 0) is 27.7 Å². The number of rotatable bonds is 2. The third-order valence-corrected chi connectivity index (χ3v) is 4.54. The molecule has 6 nitrogen and oxygen atoms in total. The number of aromatic nitrogens is 2. The van der Waals surface area contributed by atoms with Gasteiger partial charge in [0.2, 0.25) is 0 Å². The van der Waals surface area contributed by atoms with Gasteiger partial charge in [0.25, 0.3) is 0 Å². The Morgan fingerprint density at radius 2 is 1.71 bits per heavy atom. The average Bonchev–Trinajstić information content (AvgIpc) is 2.68. The van der Waals surface area contributed by atoms with Gasteiger partial charge in [-0.3, -0.25) is 0 Å². The van der Waals surface area contributed by atoms with E-state index in [9.17, 15) is 0 Å². The standard InChI is InChI=1S/C14H22BN3O3/c1-13(2)14(3,4)21-15(20-13)11-9-16-10-17-12(11)18-5-7-19-8-6-18/h9-10H,5-8H2,1-4H3. The second-order valence-electron chi connectivity index (χ2n) is 6.49. The third kappa shape index (κ3) is 2.65. The van der Waals surface area contributed by atoms with Gasteiger partial charge in [0.1, 0.15) is 12.1 Å². The molecule has 0 amide bonds. The molecule has 0 spiro atoms. The van der Waals surface area contributed by atoms with E-state index in [-0.39, 0.29) is 11.2 Å². The van der Waals surface area contributed by atoms with Crippen LogP contribution in [0.25, 0.3) is 0 Å². The number of hydrogen-bond donors (Lipinski definition) is 0. The quantitative estimate of drug-likeness (QED) is 0.744. The van der Waals surface area contributed by atoms with Gasteiger partial charge in [-0.2, -0.15) is 0 Å². The van der Waals surface area contributed by atoms with Crippen molar-refractivity contribution in [2.75, 3.05) is 31.2 Å². The Hall–Kier alpha value is -1.18. The minimum atomic E-state index is -0.436. The first kappa shape index (κ1) is 14.7. The molecule has 3 heterocycles. The van der Waals surface area contributed by atoms with Crippen molar-refractivity contribution in [3.05, 3.63) is 12.5 Å². The predicted molar refractivity (Wildman–Crippen MR) is 80.8 cm³/mol. The Balaban J connectivity index is 1.89. The first-order valence-corrected chi connectivity index (χ1v) is 7.39. The van der Waals surface area contributed by atoms with Crippen LogP contribution < -0.4 is 10.4 Å². The highest BCUT2D eigenvalue weighted by atomic mass is 16.7. The summed E-state index contributed by atoms with van der Waals surface area (Å²) in [6.07, 6.45) is 3.36. The predicted octanol–water partition coefficient (Wildman–Crippen LogP) is 0.612. The molecule has 0 N–H and O–H groups in total. The number of morpholine rings is 1. The smallest absolute Gasteiger partial charge is 0.399 e. The molecule has 2 aliphatic heterocycles. The van der Waals surface area contributed by atoms with E-state index < -0.39 is 7.12 Å².